The molecule has 2 rings (SSSR count). The van der Waals surface area contributed by atoms with Crippen molar-refractivity contribution < 1.29 is 13.6 Å². The summed E-state index contributed by atoms with van der Waals surface area (Å²) in [6.07, 6.45) is 0.902. The number of rotatable bonds is 5. The van der Waals surface area contributed by atoms with Crippen LogP contribution in [0.1, 0.15) is 23.1 Å². The van der Waals surface area contributed by atoms with Gasteiger partial charge in [0.15, 0.2) is 0 Å². The van der Waals surface area contributed by atoms with Crippen molar-refractivity contribution in [3.8, 4) is 0 Å². The van der Waals surface area contributed by atoms with Crippen LogP contribution in [-0.2, 0) is 17.6 Å². The Kier molecular flexibility index (Phi) is 4.61. The molecule has 0 atom stereocenters. The number of hydrogen-bond acceptors (Lipinski definition) is 1. The summed E-state index contributed by atoms with van der Waals surface area (Å²) in [7, 11) is 0. The maximum atomic E-state index is 13.4. The van der Waals surface area contributed by atoms with Crippen molar-refractivity contribution in [1.82, 2.24) is 0 Å². The molecule has 1 nitrogen and oxygen atoms in total. The fourth-order valence-electron chi connectivity index (χ4n) is 2.14. The fourth-order valence-corrected chi connectivity index (χ4v) is 2.14. The molecule has 0 radical (unpaired) electrons. The molecule has 20 heavy (non-hydrogen) atoms. The molecule has 0 aliphatic heterocycles. The Morgan fingerprint density at radius 2 is 1.80 bits per heavy atom. The van der Waals surface area contributed by atoms with E-state index in [9.17, 15) is 13.6 Å². The first-order valence-corrected chi connectivity index (χ1v) is 6.56. The van der Waals surface area contributed by atoms with Crippen molar-refractivity contribution >= 4 is 5.78 Å². The van der Waals surface area contributed by atoms with Crippen LogP contribution in [0.3, 0.4) is 0 Å². The van der Waals surface area contributed by atoms with Crippen LogP contribution in [0, 0.1) is 18.6 Å². The van der Waals surface area contributed by atoms with E-state index in [1.807, 2.05) is 31.2 Å². The molecular formula is C17H16F2O. The summed E-state index contributed by atoms with van der Waals surface area (Å²) in [5, 5.41) is 0. The average Bonchev–Trinajstić information content (AvgIpc) is 2.42. The summed E-state index contributed by atoms with van der Waals surface area (Å²) in [5.74, 6) is -1.14. The number of ketones is 1. The SMILES string of the molecule is Cc1ccccc1CCC(=O)Cc1cc(F)ccc1F. The molecule has 0 aliphatic rings. The van der Waals surface area contributed by atoms with Gasteiger partial charge >= 0.3 is 0 Å². The van der Waals surface area contributed by atoms with Gasteiger partial charge in [-0.1, -0.05) is 24.3 Å². The van der Waals surface area contributed by atoms with Gasteiger partial charge in [-0.3, -0.25) is 4.79 Å². The standard InChI is InChI=1S/C17H16F2O/c1-12-4-2-3-5-13(12)6-8-16(20)11-14-10-15(18)7-9-17(14)19/h2-5,7,9-10H,6,8,11H2,1H3. The highest BCUT2D eigenvalue weighted by atomic mass is 19.1. The van der Waals surface area contributed by atoms with Gasteiger partial charge in [0.05, 0.1) is 0 Å². The minimum absolute atomic E-state index is 0.0600. The first-order chi connectivity index (χ1) is 9.56. The molecule has 0 aromatic heterocycles. The lowest BCUT2D eigenvalue weighted by Gasteiger charge is -2.06. The molecular weight excluding hydrogens is 258 g/mol. The Morgan fingerprint density at radius 3 is 2.55 bits per heavy atom. The highest BCUT2D eigenvalue weighted by molar-refractivity contribution is 5.81. The Morgan fingerprint density at radius 1 is 1.05 bits per heavy atom. The smallest absolute Gasteiger partial charge is 0.137 e. The summed E-state index contributed by atoms with van der Waals surface area (Å²) in [6, 6.07) is 11.0. The number of carbonyl (C=O) groups excluding carboxylic acids is 1. The fraction of sp³-hybridized carbons (Fsp3) is 0.235. The van der Waals surface area contributed by atoms with E-state index in [4.69, 9.17) is 0 Å². The zero-order valence-electron chi connectivity index (χ0n) is 11.3. The molecule has 0 saturated heterocycles. The third-order valence-electron chi connectivity index (χ3n) is 3.33. The van der Waals surface area contributed by atoms with Crippen LogP contribution in [0.5, 0.6) is 0 Å². The van der Waals surface area contributed by atoms with Gasteiger partial charge in [-0.05, 0) is 48.2 Å². The third-order valence-corrected chi connectivity index (χ3v) is 3.33. The van der Waals surface area contributed by atoms with Crippen LogP contribution in [0.2, 0.25) is 0 Å². The second-order valence-corrected chi connectivity index (χ2v) is 4.88. The summed E-state index contributed by atoms with van der Waals surface area (Å²) < 4.78 is 26.5. The van der Waals surface area contributed by atoms with Gasteiger partial charge < -0.3 is 0 Å². The second-order valence-electron chi connectivity index (χ2n) is 4.88. The van der Waals surface area contributed by atoms with E-state index >= 15 is 0 Å². The predicted molar refractivity (Wildman–Crippen MR) is 74.6 cm³/mol. The van der Waals surface area contributed by atoms with Crippen molar-refractivity contribution in [3.05, 3.63) is 70.8 Å². The van der Waals surface area contributed by atoms with E-state index < -0.39 is 11.6 Å². The summed E-state index contributed by atoms with van der Waals surface area (Å²) in [5.41, 5.74) is 2.37. The normalized spacial score (nSPS) is 10.6. The zero-order chi connectivity index (χ0) is 14.5. The number of halogens is 2. The van der Waals surface area contributed by atoms with Crippen molar-refractivity contribution in [1.29, 1.82) is 0 Å². The van der Waals surface area contributed by atoms with E-state index in [1.54, 1.807) is 0 Å². The highest BCUT2D eigenvalue weighted by Gasteiger charge is 2.10. The molecule has 0 heterocycles. The Bertz CT molecular complexity index is 620. The minimum Gasteiger partial charge on any atom is -0.299 e. The number of aryl methyl sites for hydroxylation is 2. The molecule has 0 bridgehead atoms. The van der Waals surface area contributed by atoms with Crippen LogP contribution in [0.4, 0.5) is 8.78 Å². The first kappa shape index (κ1) is 14.4. The zero-order valence-corrected chi connectivity index (χ0v) is 11.3. The molecule has 0 fully saturated rings. The highest BCUT2D eigenvalue weighted by Crippen LogP contribution is 2.14. The lowest BCUT2D eigenvalue weighted by Crippen LogP contribution is -2.06. The Hall–Kier alpha value is -2.03. The van der Waals surface area contributed by atoms with E-state index in [2.05, 4.69) is 0 Å². The lowest BCUT2D eigenvalue weighted by atomic mass is 9.99. The Labute approximate surface area is 117 Å². The van der Waals surface area contributed by atoms with Crippen molar-refractivity contribution in [3.63, 3.8) is 0 Å². The van der Waals surface area contributed by atoms with Gasteiger partial charge in [0.25, 0.3) is 0 Å². The molecule has 0 unspecified atom stereocenters. The van der Waals surface area contributed by atoms with Crippen LogP contribution < -0.4 is 0 Å². The first-order valence-electron chi connectivity index (χ1n) is 6.56. The molecule has 2 aromatic rings. The molecule has 0 N–H and O–H groups in total. The quantitative estimate of drug-likeness (QED) is 0.805. The van der Waals surface area contributed by atoms with E-state index in [1.165, 1.54) is 0 Å². The molecule has 0 aliphatic carbocycles. The molecule has 0 amide bonds. The molecule has 3 heteroatoms. The molecule has 104 valence electrons. The Balaban J connectivity index is 1.96. The van der Waals surface area contributed by atoms with Crippen molar-refractivity contribution in [2.75, 3.05) is 0 Å². The summed E-state index contributed by atoms with van der Waals surface area (Å²) in [6.45, 7) is 1.99. The van der Waals surface area contributed by atoms with Crippen LogP contribution >= 0.6 is 0 Å². The molecule has 0 saturated carbocycles. The third kappa shape index (κ3) is 3.73. The van der Waals surface area contributed by atoms with E-state index in [0.29, 0.717) is 12.8 Å². The number of benzene rings is 2. The van der Waals surface area contributed by atoms with E-state index in [-0.39, 0.29) is 17.8 Å². The number of carbonyl (C=O) groups is 1. The van der Waals surface area contributed by atoms with Gasteiger partial charge in [-0.15, -0.1) is 0 Å². The number of Topliss-reactive ketones (excluding diaryl/α,β-unsaturated/α-hetero) is 1. The van der Waals surface area contributed by atoms with Crippen LogP contribution in [0.25, 0.3) is 0 Å². The monoisotopic (exact) mass is 274 g/mol. The second kappa shape index (κ2) is 6.42. The topological polar surface area (TPSA) is 17.1 Å². The van der Waals surface area contributed by atoms with Crippen LogP contribution in [0.15, 0.2) is 42.5 Å². The van der Waals surface area contributed by atoms with Crippen LogP contribution in [-0.4, -0.2) is 5.78 Å². The van der Waals surface area contributed by atoms with Crippen molar-refractivity contribution in [2.24, 2.45) is 0 Å². The minimum atomic E-state index is -0.532. The predicted octanol–water partition coefficient (Wildman–Crippen LogP) is 4.02. The maximum Gasteiger partial charge on any atom is 0.137 e. The van der Waals surface area contributed by atoms with Crippen molar-refractivity contribution in [2.45, 2.75) is 26.2 Å². The molecule has 0 spiro atoms. The summed E-state index contributed by atoms with van der Waals surface area (Å²) >= 11 is 0. The van der Waals surface area contributed by atoms with Gasteiger partial charge in [-0.25, -0.2) is 8.78 Å². The largest absolute Gasteiger partial charge is 0.299 e. The van der Waals surface area contributed by atoms with Gasteiger partial charge in [0, 0.05) is 12.8 Å². The average molecular weight is 274 g/mol. The summed E-state index contributed by atoms with van der Waals surface area (Å²) in [4.78, 5) is 11.9. The van der Waals surface area contributed by atoms with Gasteiger partial charge in [0.2, 0.25) is 0 Å². The maximum absolute atomic E-state index is 13.4. The lowest BCUT2D eigenvalue weighted by molar-refractivity contribution is -0.118. The number of hydrogen-bond donors (Lipinski definition) is 0. The van der Waals surface area contributed by atoms with Gasteiger partial charge in [0.1, 0.15) is 17.4 Å². The van der Waals surface area contributed by atoms with E-state index in [0.717, 1.165) is 29.3 Å². The van der Waals surface area contributed by atoms with Gasteiger partial charge in [-0.2, -0.15) is 0 Å². The molecule has 2 aromatic carbocycles.